The molecular formula is C22H19Cl2N3OS. The Bertz CT molecular complexity index is 1040. The Morgan fingerprint density at radius 2 is 1.76 bits per heavy atom. The zero-order chi connectivity index (χ0) is 20.2. The highest BCUT2D eigenvalue weighted by molar-refractivity contribution is 7.99. The highest BCUT2D eigenvalue weighted by Gasteiger charge is 2.19. The van der Waals surface area contributed by atoms with Gasteiger partial charge in [-0.3, -0.25) is 4.79 Å². The molecule has 0 saturated carbocycles. The number of halogens is 2. The second-order valence-corrected chi connectivity index (χ2v) is 8.60. The number of aryl methyl sites for hydroxylation is 1. The summed E-state index contributed by atoms with van der Waals surface area (Å²) in [6, 6.07) is 14.9. The van der Waals surface area contributed by atoms with Gasteiger partial charge in [0.1, 0.15) is 0 Å². The van der Waals surface area contributed by atoms with Crippen LogP contribution in [0.4, 0.5) is 5.69 Å². The van der Waals surface area contributed by atoms with E-state index in [1.807, 2.05) is 36.4 Å². The second-order valence-electron chi connectivity index (χ2n) is 6.81. The highest BCUT2D eigenvalue weighted by atomic mass is 35.5. The van der Waals surface area contributed by atoms with Crippen molar-refractivity contribution in [1.29, 1.82) is 0 Å². The molecule has 1 aliphatic carbocycles. The van der Waals surface area contributed by atoms with E-state index in [1.165, 1.54) is 17.3 Å². The van der Waals surface area contributed by atoms with Crippen molar-refractivity contribution in [2.75, 3.05) is 11.1 Å². The fraction of sp³-hybridized carbons (Fsp3) is 0.227. The number of rotatable bonds is 5. The van der Waals surface area contributed by atoms with Crippen molar-refractivity contribution in [3.05, 3.63) is 69.8 Å². The smallest absolute Gasteiger partial charge is 0.234 e. The maximum atomic E-state index is 12.4. The molecule has 1 N–H and O–H groups in total. The van der Waals surface area contributed by atoms with Gasteiger partial charge < -0.3 is 5.32 Å². The molecule has 4 nitrogen and oxygen atoms in total. The first-order chi connectivity index (χ1) is 14.1. The number of hydrogen-bond acceptors (Lipinski definition) is 4. The summed E-state index contributed by atoms with van der Waals surface area (Å²) < 4.78 is 0. The Labute approximate surface area is 184 Å². The van der Waals surface area contributed by atoms with Crippen LogP contribution >= 0.6 is 35.0 Å². The summed E-state index contributed by atoms with van der Waals surface area (Å²) in [6.07, 6.45) is 4.19. The number of aromatic nitrogens is 2. The van der Waals surface area contributed by atoms with Gasteiger partial charge in [-0.15, -0.1) is 0 Å². The normalized spacial score (nSPS) is 13.0. The monoisotopic (exact) mass is 443 g/mol. The van der Waals surface area contributed by atoms with Gasteiger partial charge in [-0.05, 0) is 49.9 Å². The number of hydrogen-bond donors (Lipinski definition) is 1. The van der Waals surface area contributed by atoms with Crippen LogP contribution in [0.2, 0.25) is 10.0 Å². The van der Waals surface area contributed by atoms with E-state index in [-0.39, 0.29) is 11.7 Å². The average Bonchev–Trinajstić information content (AvgIpc) is 2.74. The summed E-state index contributed by atoms with van der Waals surface area (Å²) in [6.45, 7) is 0. The first-order valence-corrected chi connectivity index (χ1v) is 11.2. The number of fused-ring (bicyclic) bond motifs is 1. The minimum Gasteiger partial charge on any atom is -0.324 e. The molecule has 0 spiro atoms. The molecule has 0 bridgehead atoms. The summed E-state index contributed by atoms with van der Waals surface area (Å²) in [5.74, 6) is 0.0711. The molecule has 0 saturated heterocycles. The molecule has 4 rings (SSSR count). The topological polar surface area (TPSA) is 54.9 Å². The number of anilines is 1. The lowest BCUT2D eigenvalue weighted by Crippen LogP contribution is -2.15. The molecule has 7 heteroatoms. The van der Waals surface area contributed by atoms with Crippen LogP contribution in [0.15, 0.2) is 53.7 Å². The third-order valence-corrected chi connectivity index (χ3v) is 6.19. The fourth-order valence-electron chi connectivity index (χ4n) is 3.36. The van der Waals surface area contributed by atoms with Crippen LogP contribution in [-0.2, 0) is 17.6 Å². The van der Waals surface area contributed by atoms with E-state index in [4.69, 9.17) is 33.2 Å². The maximum Gasteiger partial charge on any atom is 0.234 e. The van der Waals surface area contributed by atoms with Crippen LogP contribution in [0, 0.1) is 0 Å². The van der Waals surface area contributed by atoms with Gasteiger partial charge in [0.05, 0.1) is 22.2 Å². The molecule has 0 radical (unpaired) electrons. The third-order valence-electron chi connectivity index (χ3n) is 4.76. The summed E-state index contributed by atoms with van der Waals surface area (Å²) in [4.78, 5) is 21.9. The largest absolute Gasteiger partial charge is 0.324 e. The molecule has 1 amide bonds. The predicted molar refractivity (Wildman–Crippen MR) is 120 cm³/mol. The van der Waals surface area contributed by atoms with Crippen LogP contribution < -0.4 is 5.32 Å². The fourth-order valence-corrected chi connectivity index (χ4v) is 4.33. The Kier molecular flexibility index (Phi) is 6.38. The summed E-state index contributed by atoms with van der Waals surface area (Å²) in [5, 5.41) is 4.66. The van der Waals surface area contributed by atoms with Crippen molar-refractivity contribution in [2.45, 2.75) is 30.8 Å². The van der Waals surface area contributed by atoms with Crippen LogP contribution in [0.3, 0.4) is 0 Å². The SMILES string of the molecule is O=C(CSc1nc2c(c(-c3ccc(Cl)cc3)n1)CCCC2)Nc1ccccc1Cl. The molecule has 29 heavy (non-hydrogen) atoms. The highest BCUT2D eigenvalue weighted by Crippen LogP contribution is 2.32. The maximum absolute atomic E-state index is 12.4. The van der Waals surface area contributed by atoms with Crippen molar-refractivity contribution < 1.29 is 4.79 Å². The second kappa shape index (κ2) is 9.16. The number of carbonyl (C=O) groups is 1. The molecule has 1 aromatic heterocycles. The van der Waals surface area contributed by atoms with Crippen molar-refractivity contribution in [1.82, 2.24) is 9.97 Å². The Hall–Kier alpha value is -2.08. The molecule has 148 valence electrons. The van der Waals surface area contributed by atoms with Crippen LogP contribution in [0.5, 0.6) is 0 Å². The third kappa shape index (κ3) is 4.92. The van der Waals surface area contributed by atoms with Crippen molar-refractivity contribution >= 4 is 46.6 Å². The molecule has 0 unspecified atom stereocenters. The van der Waals surface area contributed by atoms with Crippen molar-refractivity contribution in [2.24, 2.45) is 0 Å². The zero-order valence-corrected chi connectivity index (χ0v) is 17.9. The number of benzene rings is 2. The number of carbonyl (C=O) groups excluding carboxylic acids is 1. The number of thioether (sulfide) groups is 1. The van der Waals surface area contributed by atoms with Gasteiger partial charge in [0.15, 0.2) is 5.16 Å². The Morgan fingerprint density at radius 3 is 2.55 bits per heavy atom. The van der Waals surface area contributed by atoms with Gasteiger partial charge in [-0.2, -0.15) is 0 Å². The van der Waals surface area contributed by atoms with Gasteiger partial charge in [-0.25, -0.2) is 9.97 Å². The van der Waals surface area contributed by atoms with E-state index in [1.54, 1.807) is 12.1 Å². The lowest BCUT2D eigenvalue weighted by atomic mass is 9.92. The van der Waals surface area contributed by atoms with Crippen molar-refractivity contribution in [3.8, 4) is 11.3 Å². The minimum atomic E-state index is -0.141. The standard InChI is InChI=1S/C22H19Cl2N3OS/c23-15-11-9-14(10-12-15)21-16-5-1-3-7-18(16)26-22(27-21)29-13-20(28)25-19-8-4-2-6-17(19)24/h2,4,6,8-12H,1,3,5,7,13H2,(H,25,28). The van der Waals surface area contributed by atoms with E-state index in [2.05, 4.69) is 5.32 Å². The number of nitrogens with one attached hydrogen (secondary N) is 1. The Morgan fingerprint density at radius 1 is 1.00 bits per heavy atom. The van der Waals surface area contributed by atoms with E-state index < -0.39 is 0 Å². The molecule has 0 fully saturated rings. The van der Waals surface area contributed by atoms with E-state index in [0.717, 1.165) is 42.6 Å². The first kappa shape index (κ1) is 20.2. The van der Waals surface area contributed by atoms with E-state index in [0.29, 0.717) is 20.9 Å². The Balaban J connectivity index is 1.54. The van der Waals surface area contributed by atoms with Gasteiger partial charge in [0.2, 0.25) is 5.91 Å². The molecular weight excluding hydrogens is 425 g/mol. The molecule has 2 aromatic carbocycles. The molecule has 1 heterocycles. The van der Waals surface area contributed by atoms with Gasteiger partial charge in [0, 0.05) is 21.8 Å². The summed E-state index contributed by atoms with van der Waals surface area (Å²) >= 11 is 13.5. The first-order valence-electron chi connectivity index (χ1n) is 9.43. The van der Waals surface area contributed by atoms with Crippen molar-refractivity contribution in [3.63, 3.8) is 0 Å². The number of nitrogens with zero attached hydrogens (tertiary/aromatic N) is 2. The predicted octanol–water partition coefficient (Wildman–Crippen LogP) is 6.06. The van der Waals surface area contributed by atoms with Gasteiger partial charge in [0.25, 0.3) is 0 Å². The number of amides is 1. The van der Waals surface area contributed by atoms with E-state index in [9.17, 15) is 4.79 Å². The summed E-state index contributed by atoms with van der Waals surface area (Å²) in [5.41, 5.74) is 4.87. The van der Waals surface area contributed by atoms with E-state index >= 15 is 0 Å². The number of para-hydroxylation sites is 1. The quantitative estimate of drug-likeness (QED) is 0.384. The lowest BCUT2D eigenvalue weighted by molar-refractivity contribution is -0.113. The minimum absolute atomic E-state index is 0.141. The van der Waals surface area contributed by atoms with Crippen LogP contribution in [0.25, 0.3) is 11.3 Å². The average molecular weight is 444 g/mol. The van der Waals surface area contributed by atoms with Gasteiger partial charge >= 0.3 is 0 Å². The molecule has 1 aliphatic rings. The zero-order valence-electron chi connectivity index (χ0n) is 15.6. The van der Waals surface area contributed by atoms with Gasteiger partial charge in [-0.1, -0.05) is 59.2 Å². The molecule has 0 aliphatic heterocycles. The lowest BCUT2D eigenvalue weighted by Gasteiger charge is -2.19. The van der Waals surface area contributed by atoms with Crippen LogP contribution in [0.1, 0.15) is 24.1 Å². The molecule has 0 atom stereocenters. The summed E-state index contributed by atoms with van der Waals surface area (Å²) in [7, 11) is 0. The van der Waals surface area contributed by atoms with Crippen LogP contribution in [-0.4, -0.2) is 21.6 Å². The molecule has 3 aromatic rings.